The molecule has 4 atom stereocenters. The van der Waals surface area contributed by atoms with Gasteiger partial charge in [-0.2, -0.15) is 0 Å². The van der Waals surface area contributed by atoms with Gasteiger partial charge in [-0.05, 0) is 98.1 Å². The van der Waals surface area contributed by atoms with Crippen LogP contribution in [-0.2, 0) is 96.4 Å². The fourth-order valence-electron chi connectivity index (χ4n) is 9.75. The first-order valence-corrected chi connectivity index (χ1v) is 52.4. The van der Waals surface area contributed by atoms with E-state index in [1.165, 1.54) is 0 Å². The highest BCUT2D eigenvalue weighted by atomic mass is 28.6. The number of hydrogen-bond donors (Lipinski definition) is 0. The van der Waals surface area contributed by atoms with Crippen molar-refractivity contribution in [2.75, 3.05) is 13.2 Å². The number of esters is 5. The topological polar surface area (TPSA) is 242 Å². The zero-order chi connectivity index (χ0) is 63.1. The number of cyclic esters (lactones) is 2. The van der Waals surface area contributed by atoms with Crippen LogP contribution >= 0.6 is 0 Å². The van der Waals surface area contributed by atoms with E-state index < -0.39 is 99.0 Å². The Balaban J connectivity index is 0.000000307. The van der Waals surface area contributed by atoms with E-state index in [-0.39, 0.29) is 59.2 Å². The van der Waals surface area contributed by atoms with Gasteiger partial charge in [0.1, 0.15) is 5.60 Å². The van der Waals surface area contributed by atoms with Crippen molar-refractivity contribution in [1.82, 2.24) is 0 Å². The molecule has 8 bridgehead atoms. The van der Waals surface area contributed by atoms with Gasteiger partial charge in [-0.3, -0.25) is 24.0 Å². The Bertz CT molecular complexity index is 2070. The summed E-state index contributed by atoms with van der Waals surface area (Å²) in [5, 5.41) is 0. The molecule has 0 radical (unpaired) electrons. The minimum absolute atomic E-state index is 0.0137. The first-order chi connectivity index (χ1) is 38.2. The number of rotatable bonds is 19. The van der Waals surface area contributed by atoms with Gasteiger partial charge in [0.15, 0.2) is 16.6 Å². The Morgan fingerprint density at radius 1 is 0.518 bits per heavy atom. The molecule has 0 amide bonds. The van der Waals surface area contributed by atoms with Crippen molar-refractivity contribution in [2.45, 2.75) is 249 Å². The summed E-state index contributed by atoms with van der Waals surface area (Å²) in [5.74, 6) is -1.27. The first kappa shape index (κ1) is 74.7. The number of hydrogen-bond acceptors (Lipinski definition) is 22. The van der Waals surface area contributed by atoms with Crippen LogP contribution < -0.4 is 0 Å². The molecule has 482 valence electrons. The lowest BCUT2D eigenvalue weighted by Gasteiger charge is -2.63. The summed E-state index contributed by atoms with van der Waals surface area (Å²) in [4.78, 5) is 57.2. The van der Waals surface area contributed by atoms with Crippen molar-refractivity contribution in [3.05, 3.63) is 0 Å². The van der Waals surface area contributed by atoms with E-state index in [0.29, 0.717) is 73.7 Å². The van der Waals surface area contributed by atoms with Crippen LogP contribution in [0.15, 0.2) is 0 Å². The highest BCUT2D eigenvalue weighted by Crippen LogP contribution is 2.53. The molecule has 8 aliphatic heterocycles. The summed E-state index contributed by atoms with van der Waals surface area (Å²) in [7, 11) is -32.9. The van der Waals surface area contributed by atoms with Crippen molar-refractivity contribution in [3.63, 3.8) is 0 Å². The van der Waals surface area contributed by atoms with Crippen LogP contribution in [0.1, 0.15) is 157 Å². The van der Waals surface area contributed by atoms with Crippen molar-refractivity contribution in [3.8, 4) is 0 Å². The van der Waals surface area contributed by atoms with E-state index in [9.17, 15) is 24.0 Å². The van der Waals surface area contributed by atoms with E-state index in [4.69, 9.17) is 67.7 Å². The fourth-order valence-corrected chi connectivity index (χ4v) is 69.4. The average Bonchev–Trinajstić information content (AvgIpc) is 3.48. The van der Waals surface area contributed by atoms with Gasteiger partial charge in [0.25, 0.3) is 0 Å². The normalized spacial score (nSPS) is 35.8. The molecule has 0 aromatic rings. The Morgan fingerprint density at radius 3 is 1.12 bits per heavy atom. The zero-order valence-electron chi connectivity index (χ0n) is 54.7. The molecule has 8 saturated heterocycles. The van der Waals surface area contributed by atoms with Crippen molar-refractivity contribution in [2.24, 2.45) is 35.0 Å². The molecule has 22 nitrogen and oxygen atoms in total. The SMILES string of the molecule is CC1C(=O)OC(=O)C1C.CCC(C)(C)C(=O)OC(C)(C)C.CCC(C)C(=O)OCCC[Si]12O[Si]3(CC)O[Si]4(CC)O[Si]5(CC)O[Si](CC)(O3)O[Si](CC)(O[Si](CC)(O5)O[Si](CC)(O4)O1)O2.CCC(C)COC(=O)C1C[Si](C)(C)O[Si](C)(C)C1. The maximum absolute atomic E-state index is 12.5. The Labute approximate surface area is 508 Å². The van der Waals surface area contributed by atoms with Gasteiger partial charge in [0.2, 0.25) is 0 Å². The summed E-state index contributed by atoms with van der Waals surface area (Å²) < 4.78 is 112. The molecule has 8 aliphatic rings. The third-order valence-electron chi connectivity index (χ3n) is 15.7. The largest absolute Gasteiger partial charge is 0.479 e. The van der Waals surface area contributed by atoms with Gasteiger partial charge in [-0.15, -0.1) is 0 Å². The van der Waals surface area contributed by atoms with Crippen LogP contribution in [-0.4, -0.2) is 136 Å². The summed E-state index contributed by atoms with van der Waals surface area (Å²) in [6, 6.07) is 4.96. The Morgan fingerprint density at radius 2 is 0.855 bits per heavy atom. The second kappa shape index (κ2) is 29.0. The molecule has 0 saturated carbocycles. The minimum atomic E-state index is -3.85. The summed E-state index contributed by atoms with van der Waals surface area (Å²) >= 11 is 0. The minimum Gasteiger partial charge on any atom is -0.465 e. The van der Waals surface area contributed by atoms with E-state index in [2.05, 4.69) is 44.8 Å². The summed E-state index contributed by atoms with van der Waals surface area (Å²) in [5.41, 5.74) is -0.725. The molecular weight excluding hydrogens is 1250 g/mol. The predicted molar refractivity (Wildman–Crippen MR) is 331 cm³/mol. The van der Waals surface area contributed by atoms with Crippen LogP contribution in [0.25, 0.3) is 0 Å². The lowest BCUT2D eigenvalue weighted by Crippen LogP contribution is -2.88. The fraction of sp³-hybridized carbons (Fsp3) is 0.902. The molecule has 0 spiro atoms. The summed E-state index contributed by atoms with van der Waals surface area (Å²) in [6.45, 7) is 46.3. The lowest BCUT2D eigenvalue weighted by molar-refractivity contribution is -0.166. The van der Waals surface area contributed by atoms with E-state index in [0.717, 1.165) is 24.9 Å². The first-order valence-electron chi connectivity index (χ1n) is 30.7. The quantitative estimate of drug-likeness (QED) is 0.0384. The molecular formula is C51H106O22Si10. The van der Waals surface area contributed by atoms with Crippen molar-refractivity contribution >= 4 is 117 Å². The predicted octanol–water partition coefficient (Wildman–Crippen LogP) is 11.6. The smallest absolute Gasteiger partial charge is 0.465 e. The lowest BCUT2D eigenvalue weighted by atomic mass is 9.90. The zero-order valence-corrected chi connectivity index (χ0v) is 64.7. The molecule has 0 aromatic heterocycles. The standard InChI is InChI=1S/C22H50O14Si8.C13H28O3Si2.C10H20O2.C6H8O3/c1-10-21(9)22(23)24-19-18-20-44-34-41(15-6)28-38(12-3)25-37(11-2)26-39(13-4,30-41)32-43(17-8,36-44)33-40(14-5,27-37)31-42(16-7,29-38)35-44;1-7-11(2)8-15-13(14)12-9-17(3,4)16-18(5,6)10-12;1-7-10(5,6)8(11)12-9(2,3)4;1-3-4(2)6(8)9-5(3)7/h21H,10-20H2,1-9H3;11-12H,7-10H2,1-6H3;7H2,1-6H3;3-4H,1-2H3. The van der Waals surface area contributed by atoms with Crippen LogP contribution in [0.5, 0.6) is 0 Å². The second-order valence-electron chi connectivity index (χ2n) is 25.7. The molecule has 8 fully saturated rings. The highest BCUT2D eigenvalue weighted by molar-refractivity contribution is 7.03. The van der Waals surface area contributed by atoms with Crippen LogP contribution in [0.4, 0.5) is 0 Å². The number of carbonyl (C=O) groups is 5. The van der Waals surface area contributed by atoms with E-state index in [1.807, 2.05) is 104 Å². The molecule has 83 heavy (non-hydrogen) atoms. The van der Waals surface area contributed by atoms with Crippen molar-refractivity contribution in [1.29, 1.82) is 0 Å². The third kappa shape index (κ3) is 19.1. The molecule has 0 aliphatic carbocycles. The van der Waals surface area contributed by atoms with Gasteiger partial charge in [-0.1, -0.05) is 103 Å². The number of ether oxygens (including phenoxy) is 4. The van der Waals surface area contributed by atoms with E-state index in [1.54, 1.807) is 13.8 Å². The summed E-state index contributed by atoms with van der Waals surface area (Å²) in [6.07, 6.45) is 2.99. The molecule has 4 unspecified atom stereocenters. The molecule has 0 N–H and O–H groups in total. The van der Waals surface area contributed by atoms with Gasteiger partial charge in [-0.25, -0.2) is 0 Å². The monoisotopic (exact) mass is 1350 g/mol. The Hall–Kier alpha value is -0.801. The van der Waals surface area contributed by atoms with Gasteiger partial charge >= 0.3 is 100 Å². The van der Waals surface area contributed by atoms with Gasteiger partial charge in [0.05, 0.1) is 42.3 Å². The van der Waals surface area contributed by atoms with Gasteiger partial charge < -0.3 is 72.4 Å². The van der Waals surface area contributed by atoms with Crippen molar-refractivity contribution < 1.29 is 96.4 Å². The molecule has 8 rings (SSSR count). The second-order valence-corrected chi connectivity index (χ2v) is 60.5. The van der Waals surface area contributed by atoms with Crippen LogP contribution in [0, 0.1) is 35.0 Å². The molecule has 32 heteroatoms. The molecule has 8 heterocycles. The van der Waals surface area contributed by atoms with Crippen LogP contribution in [0.3, 0.4) is 0 Å². The Kier molecular flexibility index (Phi) is 26.1. The highest BCUT2D eigenvalue weighted by Gasteiger charge is 2.82. The third-order valence-corrected chi connectivity index (χ3v) is 60.0. The van der Waals surface area contributed by atoms with Crippen LogP contribution in [0.2, 0.25) is 86.6 Å². The average molecular weight is 1350 g/mol. The van der Waals surface area contributed by atoms with E-state index >= 15 is 0 Å². The maximum atomic E-state index is 12.5. The van der Waals surface area contributed by atoms with Gasteiger partial charge in [0, 0.05) is 48.4 Å². The maximum Gasteiger partial charge on any atom is 0.479 e. The molecule has 0 aromatic carbocycles. The number of carbonyl (C=O) groups excluding carboxylic acids is 5.